The van der Waals surface area contributed by atoms with E-state index in [1.807, 2.05) is 31.2 Å². The van der Waals surface area contributed by atoms with Crippen LogP contribution in [0.3, 0.4) is 0 Å². The van der Waals surface area contributed by atoms with Crippen LogP contribution in [0.5, 0.6) is 5.75 Å². The Kier molecular flexibility index (Phi) is 7.41. The molecule has 2 aromatic rings. The molecule has 0 bridgehead atoms. The summed E-state index contributed by atoms with van der Waals surface area (Å²) in [5.41, 5.74) is 1.35. The van der Waals surface area contributed by atoms with Crippen molar-refractivity contribution in [3.05, 3.63) is 59.0 Å². The summed E-state index contributed by atoms with van der Waals surface area (Å²) in [6.45, 7) is 7.60. The van der Waals surface area contributed by atoms with E-state index in [4.69, 9.17) is 9.47 Å². The third kappa shape index (κ3) is 5.20. The first-order chi connectivity index (χ1) is 12.6. The topological polar surface area (TPSA) is 64.6 Å². The SMILES string of the molecule is C=CCc1ccccc1OCC(=O)Nc1sc(CC)cc1C(=O)OCC. The molecule has 0 aliphatic carbocycles. The zero-order valence-corrected chi connectivity index (χ0v) is 15.9. The van der Waals surface area contributed by atoms with Gasteiger partial charge in [-0.1, -0.05) is 31.2 Å². The van der Waals surface area contributed by atoms with Gasteiger partial charge in [-0.15, -0.1) is 17.9 Å². The molecule has 0 saturated heterocycles. The standard InChI is InChI=1S/C20H23NO4S/c1-4-9-14-10-7-8-11-17(14)25-13-18(22)21-19-16(20(23)24-6-3)12-15(5-2)26-19/h4,7-8,10-12H,1,5-6,9,13H2,2-3H3,(H,21,22). The molecule has 0 unspecified atom stereocenters. The predicted octanol–water partition coefficient (Wildman–Crippen LogP) is 4.23. The van der Waals surface area contributed by atoms with Gasteiger partial charge >= 0.3 is 5.97 Å². The third-order valence-electron chi connectivity index (χ3n) is 3.58. The lowest BCUT2D eigenvalue weighted by atomic mass is 10.1. The highest BCUT2D eigenvalue weighted by Crippen LogP contribution is 2.29. The number of ether oxygens (including phenoxy) is 2. The van der Waals surface area contributed by atoms with Crippen LogP contribution in [0, 0.1) is 0 Å². The first-order valence-electron chi connectivity index (χ1n) is 8.50. The number of thiophene rings is 1. The summed E-state index contributed by atoms with van der Waals surface area (Å²) in [6.07, 6.45) is 3.22. The highest BCUT2D eigenvalue weighted by molar-refractivity contribution is 7.16. The number of amides is 1. The Balaban J connectivity index is 2.05. The molecular weight excluding hydrogens is 350 g/mol. The maximum absolute atomic E-state index is 12.3. The van der Waals surface area contributed by atoms with Gasteiger partial charge in [0.25, 0.3) is 5.91 Å². The van der Waals surface area contributed by atoms with E-state index in [2.05, 4.69) is 11.9 Å². The van der Waals surface area contributed by atoms with Crippen molar-refractivity contribution < 1.29 is 19.1 Å². The Morgan fingerprint density at radius 1 is 1.27 bits per heavy atom. The van der Waals surface area contributed by atoms with Crippen molar-refractivity contribution in [3.63, 3.8) is 0 Å². The Morgan fingerprint density at radius 2 is 2.04 bits per heavy atom. The van der Waals surface area contributed by atoms with Crippen molar-refractivity contribution in [1.82, 2.24) is 0 Å². The van der Waals surface area contributed by atoms with E-state index in [-0.39, 0.29) is 19.1 Å². The molecule has 0 radical (unpaired) electrons. The summed E-state index contributed by atoms with van der Waals surface area (Å²) in [5.74, 6) is -0.113. The van der Waals surface area contributed by atoms with Crippen LogP contribution in [-0.4, -0.2) is 25.1 Å². The molecule has 0 spiro atoms. The number of nitrogens with one attached hydrogen (secondary N) is 1. The Hall–Kier alpha value is -2.60. The van der Waals surface area contributed by atoms with Crippen LogP contribution in [0.15, 0.2) is 43.0 Å². The van der Waals surface area contributed by atoms with Crippen LogP contribution >= 0.6 is 11.3 Å². The number of benzene rings is 1. The fourth-order valence-corrected chi connectivity index (χ4v) is 3.34. The number of carbonyl (C=O) groups excluding carboxylic acids is 2. The number of rotatable bonds is 9. The molecule has 0 aliphatic rings. The number of aryl methyl sites for hydroxylation is 1. The van der Waals surface area contributed by atoms with E-state index < -0.39 is 5.97 Å². The van der Waals surface area contributed by atoms with Crippen molar-refractivity contribution in [2.24, 2.45) is 0 Å². The number of carbonyl (C=O) groups is 2. The van der Waals surface area contributed by atoms with Crippen LogP contribution in [0.4, 0.5) is 5.00 Å². The van der Waals surface area contributed by atoms with Gasteiger partial charge in [-0.05, 0) is 37.5 Å². The van der Waals surface area contributed by atoms with E-state index in [1.54, 1.807) is 19.1 Å². The van der Waals surface area contributed by atoms with Crippen molar-refractivity contribution >= 4 is 28.2 Å². The van der Waals surface area contributed by atoms with Gasteiger partial charge in [-0.3, -0.25) is 4.79 Å². The van der Waals surface area contributed by atoms with Crippen molar-refractivity contribution in [2.75, 3.05) is 18.5 Å². The molecular formula is C20H23NO4S. The first-order valence-corrected chi connectivity index (χ1v) is 9.31. The zero-order chi connectivity index (χ0) is 18.9. The largest absolute Gasteiger partial charge is 0.483 e. The predicted molar refractivity (Wildman–Crippen MR) is 104 cm³/mol. The third-order valence-corrected chi connectivity index (χ3v) is 4.77. The highest BCUT2D eigenvalue weighted by atomic mass is 32.1. The molecule has 2 rings (SSSR count). The number of esters is 1. The van der Waals surface area contributed by atoms with E-state index in [0.29, 0.717) is 22.7 Å². The summed E-state index contributed by atoms with van der Waals surface area (Å²) >= 11 is 1.37. The molecule has 0 fully saturated rings. The summed E-state index contributed by atoms with van der Waals surface area (Å²) < 4.78 is 10.7. The molecule has 0 aliphatic heterocycles. The zero-order valence-electron chi connectivity index (χ0n) is 15.0. The average molecular weight is 373 g/mol. The maximum Gasteiger partial charge on any atom is 0.341 e. The number of allylic oxidation sites excluding steroid dienone is 1. The van der Waals surface area contributed by atoms with Gasteiger partial charge < -0.3 is 14.8 Å². The molecule has 1 amide bonds. The van der Waals surface area contributed by atoms with Crippen molar-refractivity contribution in [2.45, 2.75) is 26.7 Å². The Bertz CT molecular complexity index is 782. The fourth-order valence-electron chi connectivity index (χ4n) is 2.34. The lowest BCUT2D eigenvalue weighted by molar-refractivity contribution is -0.118. The van der Waals surface area contributed by atoms with E-state index in [9.17, 15) is 9.59 Å². The van der Waals surface area contributed by atoms with Crippen LogP contribution in [0.1, 0.15) is 34.6 Å². The van der Waals surface area contributed by atoms with Crippen LogP contribution in [0.2, 0.25) is 0 Å². The van der Waals surface area contributed by atoms with Gasteiger partial charge in [0.1, 0.15) is 10.8 Å². The number of hydrogen-bond donors (Lipinski definition) is 1. The Labute approximate surface area is 157 Å². The van der Waals surface area contributed by atoms with Gasteiger partial charge in [0.2, 0.25) is 0 Å². The van der Waals surface area contributed by atoms with Crippen LogP contribution in [-0.2, 0) is 22.4 Å². The fraction of sp³-hybridized carbons (Fsp3) is 0.300. The molecule has 1 aromatic carbocycles. The summed E-state index contributed by atoms with van der Waals surface area (Å²) in [6, 6.07) is 9.27. The first kappa shape index (κ1) is 19.7. The molecule has 5 nitrogen and oxygen atoms in total. The van der Waals surface area contributed by atoms with E-state index >= 15 is 0 Å². The number of hydrogen-bond acceptors (Lipinski definition) is 5. The molecule has 6 heteroatoms. The molecule has 26 heavy (non-hydrogen) atoms. The summed E-state index contributed by atoms with van der Waals surface area (Å²) in [5, 5.41) is 3.25. The van der Waals surface area contributed by atoms with Crippen molar-refractivity contribution in [1.29, 1.82) is 0 Å². The van der Waals surface area contributed by atoms with Crippen LogP contribution in [0.25, 0.3) is 0 Å². The highest BCUT2D eigenvalue weighted by Gasteiger charge is 2.19. The summed E-state index contributed by atoms with van der Waals surface area (Å²) in [7, 11) is 0. The molecule has 0 saturated carbocycles. The molecule has 138 valence electrons. The minimum absolute atomic E-state index is 0.143. The maximum atomic E-state index is 12.3. The van der Waals surface area contributed by atoms with Gasteiger partial charge in [-0.25, -0.2) is 4.79 Å². The number of para-hydroxylation sites is 1. The second kappa shape index (κ2) is 9.77. The van der Waals surface area contributed by atoms with Crippen molar-refractivity contribution in [3.8, 4) is 5.75 Å². The minimum Gasteiger partial charge on any atom is -0.483 e. The van der Waals surface area contributed by atoms with E-state index in [1.165, 1.54) is 11.3 Å². The van der Waals surface area contributed by atoms with Gasteiger partial charge in [0.05, 0.1) is 12.2 Å². The average Bonchev–Trinajstić information content (AvgIpc) is 3.04. The second-order valence-electron chi connectivity index (χ2n) is 5.47. The lowest BCUT2D eigenvalue weighted by Crippen LogP contribution is -2.21. The van der Waals surface area contributed by atoms with E-state index in [0.717, 1.165) is 16.9 Å². The van der Waals surface area contributed by atoms with Gasteiger partial charge in [-0.2, -0.15) is 0 Å². The van der Waals surface area contributed by atoms with Gasteiger partial charge in [0, 0.05) is 4.88 Å². The normalized spacial score (nSPS) is 10.2. The molecule has 1 N–H and O–H groups in total. The lowest BCUT2D eigenvalue weighted by Gasteiger charge is -2.10. The molecule has 1 aromatic heterocycles. The quantitative estimate of drug-likeness (QED) is 0.528. The summed E-state index contributed by atoms with van der Waals surface area (Å²) in [4.78, 5) is 25.3. The van der Waals surface area contributed by atoms with Gasteiger partial charge in [0.15, 0.2) is 6.61 Å². The minimum atomic E-state index is -0.434. The van der Waals surface area contributed by atoms with Crippen LogP contribution < -0.4 is 10.1 Å². The molecule has 1 heterocycles. The molecule has 0 atom stereocenters. The smallest absolute Gasteiger partial charge is 0.341 e. The second-order valence-corrected chi connectivity index (χ2v) is 6.60. The number of anilines is 1. The monoisotopic (exact) mass is 373 g/mol. The Morgan fingerprint density at radius 3 is 2.73 bits per heavy atom.